The molecule has 0 aliphatic carbocycles. The van der Waals surface area contributed by atoms with Crippen molar-refractivity contribution in [2.24, 2.45) is 5.92 Å². The first-order valence-electron chi connectivity index (χ1n) is 7.82. The van der Waals surface area contributed by atoms with Gasteiger partial charge in [0.2, 0.25) is 0 Å². The Bertz CT molecular complexity index is 710. The van der Waals surface area contributed by atoms with Gasteiger partial charge in [0.05, 0.1) is 18.5 Å². The van der Waals surface area contributed by atoms with E-state index in [4.69, 9.17) is 4.98 Å². The molecule has 1 atom stereocenters. The average molecular weight is 306 g/mol. The molecule has 1 fully saturated rings. The molecule has 114 valence electrons. The summed E-state index contributed by atoms with van der Waals surface area (Å²) in [6.45, 7) is 10.9. The Morgan fingerprint density at radius 2 is 2.00 bits per heavy atom. The van der Waals surface area contributed by atoms with E-state index in [1.54, 1.807) is 16.2 Å². The van der Waals surface area contributed by atoms with Crippen LogP contribution in [0.2, 0.25) is 0 Å². The minimum atomic E-state index is 0.0217. The molecule has 0 amide bonds. The van der Waals surface area contributed by atoms with Crippen LogP contribution in [0.15, 0.2) is 4.79 Å². The number of hydrogen-bond donors (Lipinski definition) is 2. The number of nitrogens with zero attached hydrogens (tertiary/aromatic N) is 1. The Morgan fingerprint density at radius 1 is 1.33 bits per heavy atom. The lowest BCUT2D eigenvalue weighted by Crippen LogP contribution is -3.13. The summed E-state index contributed by atoms with van der Waals surface area (Å²) in [6.07, 6.45) is 2.53. The number of aromatic nitrogens is 2. The van der Waals surface area contributed by atoms with Gasteiger partial charge in [-0.25, -0.2) is 4.98 Å². The summed E-state index contributed by atoms with van der Waals surface area (Å²) in [6, 6.07) is 0.261. The van der Waals surface area contributed by atoms with Crippen LogP contribution in [-0.2, 0) is 0 Å². The van der Waals surface area contributed by atoms with Crippen molar-refractivity contribution in [2.45, 2.75) is 46.6 Å². The summed E-state index contributed by atoms with van der Waals surface area (Å²) in [5.74, 6) is 1.68. The molecule has 2 aromatic heterocycles. The lowest BCUT2D eigenvalue weighted by molar-refractivity contribution is -0.936. The van der Waals surface area contributed by atoms with Gasteiger partial charge in [-0.05, 0) is 45.1 Å². The van der Waals surface area contributed by atoms with Crippen LogP contribution in [0.1, 0.15) is 49.0 Å². The van der Waals surface area contributed by atoms with E-state index in [9.17, 15) is 4.79 Å². The summed E-state index contributed by atoms with van der Waals surface area (Å²) >= 11 is 1.63. The fourth-order valence-electron chi connectivity index (χ4n) is 3.24. The molecular weight excluding hydrogens is 282 g/mol. The summed E-state index contributed by atoms with van der Waals surface area (Å²) in [7, 11) is 0. The monoisotopic (exact) mass is 306 g/mol. The third kappa shape index (κ3) is 2.64. The van der Waals surface area contributed by atoms with E-state index in [-0.39, 0.29) is 11.6 Å². The molecule has 0 bridgehead atoms. The fourth-order valence-corrected chi connectivity index (χ4v) is 4.27. The molecular formula is C16H24N3OS+. The molecule has 0 aromatic carbocycles. The van der Waals surface area contributed by atoms with E-state index in [2.05, 4.69) is 25.8 Å². The largest absolute Gasteiger partial charge is 0.326 e. The molecule has 3 heterocycles. The van der Waals surface area contributed by atoms with Crippen molar-refractivity contribution in [1.82, 2.24) is 9.97 Å². The number of nitrogens with one attached hydrogen (secondary N) is 2. The van der Waals surface area contributed by atoms with Crippen molar-refractivity contribution in [1.29, 1.82) is 0 Å². The Labute approximate surface area is 129 Å². The highest BCUT2D eigenvalue weighted by Gasteiger charge is 2.27. The van der Waals surface area contributed by atoms with E-state index in [1.807, 2.05) is 6.92 Å². The van der Waals surface area contributed by atoms with Crippen LogP contribution in [-0.4, -0.2) is 23.1 Å². The molecule has 1 aliphatic rings. The summed E-state index contributed by atoms with van der Waals surface area (Å²) in [4.78, 5) is 23.8. The minimum Gasteiger partial charge on any atom is -0.326 e. The molecule has 4 nitrogen and oxygen atoms in total. The standard InChI is InChI=1S/C16H23N3OS/c1-9-5-7-19(8-6-9)11(3)14-17-15(20)13-10(2)12(4)21-16(13)18-14/h9,11H,5-8H2,1-4H3,(H,17,18,20)/p+1/t11-/m1/s1. The van der Waals surface area contributed by atoms with Crippen LogP contribution in [0.3, 0.4) is 0 Å². The normalized spacial score (nSPS) is 24.4. The third-order valence-corrected chi connectivity index (χ3v) is 6.10. The van der Waals surface area contributed by atoms with Crippen LogP contribution in [0.4, 0.5) is 0 Å². The maximum Gasteiger partial charge on any atom is 0.260 e. The zero-order chi connectivity index (χ0) is 15.1. The number of thiophene rings is 1. The maximum absolute atomic E-state index is 12.4. The molecule has 21 heavy (non-hydrogen) atoms. The molecule has 1 saturated heterocycles. The zero-order valence-electron chi connectivity index (χ0n) is 13.2. The molecule has 0 saturated carbocycles. The number of rotatable bonds is 2. The molecule has 1 aliphatic heterocycles. The highest BCUT2D eigenvalue weighted by atomic mass is 32.1. The summed E-state index contributed by atoms with van der Waals surface area (Å²) in [5.41, 5.74) is 1.09. The van der Waals surface area contributed by atoms with E-state index in [1.165, 1.54) is 30.8 Å². The summed E-state index contributed by atoms with van der Waals surface area (Å²) in [5, 5.41) is 0.774. The molecule has 0 spiro atoms. The second kappa shape index (κ2) is 5.54. The Hall–Kier alpha value is -1.20. The third-order valence-electron chi connectivity index (χ3n) is 5.00. The van der Waals surface area contributed by atoms with Gasteiger partial charge in [0.1, 0.15) is 10.9 Å². The highest BCUT2D eigenvalue weighted by Crippen LogP contribution is 2.26. The van der Waals surface area contributed by atoms with Crippen LogP contribution in [0, 0.1) is 19.8 Å². The smallest absolute Gasteiger partial charge is 0.260 e. The van der Waals surface area contributed by atoms with Crippen molar-refractivity contribution in [3.63, 3.8) is 0 Å². The number of quaternary nitrogens is 1. The maximum atomic E-state index is 12.4. The van der Waals surface area contributed by atoms with Gasteiger partial charge in [0, 0.05) is 4.88 Å². The Morgan fingerprint density at radius 3 is 2.67 bits per heavy atom. The second-order valence-electron chi connectivity index (χ2n) is 6.48. The van der Waals surface area contributed by atoms with Crippen LogP contribution in [0.25, 0.3) is 10.2 Å². The number of fused-ring (bicyclic) bond motifs is 1. The lowest BCUT2D eigenvalue weighted by atomic mass is 9.98. The molecule has 2 aromatic rings. The second-order valence-corrected chi connectivity index (χ2v) is 7.68. The van der Waals surface area contributed by atoms with Crippen LogP contribution in [0.5, 0.6) is 0 Å². The van der Waals surface area contributed by atoms with Gasteiger partial charge in [-0.15, -0.1) is 11.3 Å². The Balaban J connectivity index is 1.95. The van der Waals surface area contributed by atoms with Gasteiger partial charge in [-0.2, -0.15) is 0 Å². The molecule has 5 heteroatoms. The first-order valence-corrected chi connectivity index (χ1v) is 8.63. The number of aryl methyl sites for hydroxylation is 2. The van der Waals surface area contributed by atoms with Gasteiger partial charge in [-0.1, -0.05) is 6.92 Å². The first kappa shape index (κ1) is 14.7. The van der Waals surface area contributed by atoms with Gasteiger partial charge >= 0.3 is 0 Å². The van der Waals surface area contributed by atoms with Gasteiger partial charge in [0.15, 0.2) is 5.82 Å². The van der Waals surface area contributed by atoms with Crippen LogP contribution < -0.4 is 10.5 Å². The van der Waals surface area contributed by atoms with Crippen molar-refractivity contribution < 1.29 is 4.90 Å². The highest BCUT2D eigenvalue weighted by molar-refractivity contribution is 7.18. The van der Waals surface area contributed by atoms with E-state index in [0.717, 1.165) is 27.5 Å². The predicted molar refractivity (Wildman–Crippen MR) is 87.2 cm³/mol. The van der Waals surface area contributed by atoms with Crippen molar-refractivity contribution in [3.8, 4) is 0 Å². The minimum absolute atomic E-state index is 0.0217. The molecule has 3 rings (SSSR count). The SMILES string of the molecule is Cc1sc2nc([C@@H](C)[NH+]3CCC(C)CC3)[nH]c(=O)c2c1C. The van der Waals surface area contributed by atoms with Crippen molar-refractivity contribution in [3.05, 3.63) is 26.6 Å². The Kier molecular flexibility index (Phi) is 3.88. The zero-order valence-corrected chi connectivity index (χ0v) is 14.1. The number of aromatic amines is 1. The number of likely N-dealkylation sites (tertiary alicyclic amines) is 1. The number of piperidine rings is 1. The molecule has 0 radical (unpaired) electrons. The lowest BCUT2D eigenvalue weighted by Gasteiger charge is -2.31. The predicted octanol–water partition coefficient (Wildman–Crippen LogP) is 1.98. The summed E-state index contributed by atoms with van der Waals surface area (Å²) < 4.78 is 0. The average Bonchev–Trinajstić information content (AvgIpc) is 2.74. The number of H-pyrrole nitrogens is 1. The van der Waals surface area contributed by atoms with E-state index >= 15 is 0 Å². The van der Waals surface area contributed by atoms with E-state index in [0.29, 0.717) is 0 Å². The fraction of sp³-hybridized carbons (Fsp3) is 0.625. The molecule has 2 N–H and O–H groups in total. The number of hydrogen-bond acceptors (Lipinski definition) is 3. The van der Waals surface area contributed by atoms with Gasteiger partial charge in [0.25, 0.3) is 5.56 Å². The topological polar surface area (TPSA) is 50.2 Å². The van der Waals surface area contributed by atoms with Gasteiger partial charge in [-0.3, -0.25) is 4.79 Å². The van der Waals surface area contributed by atoms with E-state index < -0.39 is 0 Å². The van der Waals surface area contributed by atoms with Crippen LogP contribution >= 0.6 is 11.3 Å². The quantitative estimate of drug-likeness (QED) is 0.891. The van der Waals surface area contributed by atoms with Gasteiger partial charge < -0.3 is 9.88 Å². The first-order chi connectivity index (χ1) is 9.97. The van der Waals surface area contributed by atoms with Crippen molar-refractivity contribution >= 4 is 21.6 Å². The van der Waals surface area contributed by atoms with Crippen molar-refractivity contribution in [2.75, 3.05) is 13.1 Å². The molecule has 0 unspecified atom stereocenters.